The van der Waals surface area contributed by atoms with Crippen LogP contribution in [0.2, 0.25) is 0 Å². The van der Waals surface area contributed by atoms with Gasteiger partial charge in [-0.3, -0.25) is 0 Å². The lowest BCUT2D eigenvalue weighted by molar-refractivity contribution is 1.23. The number of anilines is 1. The molecule has 2 aromatic heterocycles. The second kappa shape index (κ2) is 2.80. The van der Waals surface area contributed by atoms with Crippen molar-refractivity contribution in [3.63, 3.8) is 0 Å². The van der Waals surface area contributed by atoms with Crippen molar-refractivity contribution in [3.8, 4) is 11.5 Å². The van der Waals surface area contributed by atoms with Crippen molar-refractivity contribution in [1.82, 2.24) is 14.3 Å². The maximum Gasteiger partial charge on any atom is 0.200 e. The van der Waals surface area contributed by atoms with Crippen LogP contribution in [0.3, 0.4) is 0 Å². The van der Waals surface area contributed by atoms with Crippen LogP contribution in [-0.2, 0) is 0 Å². The Morgan fingerprint density at radius 3 is 2.75 bits per heavy atom. The number of aryl methyl sites for hydroxylation is 1. The number of hydrogen-bond acceptors (Lipinski definition) is 6. The van der Waals surface area contributed by atoms with E-state index in [1.807, 2.05) is 12.3 Å². The SMILES string of the molecule is Cc1nc(-c2nsc(N)n2)cs1. The summed E-state index contributed by atoms with van der Waals surface area (Å²) in [6.45, 7) is 1.95. The van der Waals surface area contributed by atoms with Crippen LogP contribution in [0.1, 0.15) is 5.01 Å². The van der Waals surface area contributed by atoms with Crippen LogP contribution in [0.25, 0.3) is 11.5 Å². The molecular formula is C6H6N4S2. The maximum absolute atomic E-state index is 5.44. The van der Waals surface area contributed by atoms with Gasteiger partial charge in [-0.25, -0.2) is 4.98 Å². The molecule has 2 aromatic rings. The van der Waals surface area contributed by atoms with E-state index in [1.165, 1.54) is 11.5 Å². The van der Waals surface area contributed by atoms with Gasteiger partial charge >= 0.3 is 0 Å². The van der Waals surface area contributed by atoms with Crippen LogP contribution >= 0.6 is 22.9 Å². The molecule has 0 atom stereocenters. The minimum absolute atomic E-state index is 0.482. The molecule has 0 bridgehead atoms. The summed E-state index contributed by atoms with van der Waals surface area (Å²) >= 11 is 2.77. The molecule has 0 aliphatic heterocycles. The Morgan fingerprint density at radius 1 is 1.42 bits per heavy atom. The van der Waals surface area contributed by atoms with Crippen molar-refractivity contribution in [3.05, 3.63) is 10.4 Å². The van der Waals surface area contributed by atoms with Gasteiger partial charge in [-0.15, -0.1) is 11.3 Å². The summed E-state index contributed by atoms with van der Waals surface area (Å²) < 4.78 is 4.05. The number of rotatable bonds is 1. The summed E-state index contributed by atoms with van der Waals surface area (Å²) in [6.07, 6.45) is 0. The fraction of sp³-hybridized carbons (Fsp3) is 0.167. The molecule has 2 N–H and O–H groups in total. The summed E-state index contributed by atoms with van der Waals surface area (Å²) in [7, 11) is 0. The zero-order valence-corrected chi connectivity index (χ0v) is 7.95. The molecule has 4 nitrogen and oxygen atoms in total. The molecule has 0 fully saturated rings. The Morgan fingerprint density at radius 2 is 2.25 bits per heavy atom. The van der Waals surface area contributed by atoms with Gasteiger partial charge in [-0.05, 0) is 6.92 Å². The first-order chi connectivity index (χ1) is 5.75. The predicted molar refractivity (Wildman–Crippen MR) is 50.2 cm³/mol. The lowest BCUT2D eigenvalue weighted by atomic mass is 10.5. The molecule has 62 valence electrons. The average Bonchev–Trinajstić information content (AvgIpc) is 2.58. The highest BCUT2D eigenvalue weighted by molar-refractivity contribution is 7.10. The molecule has 0 aliphatic rings. The van der Waals surface area contributed by atoms with E-state index in [4.69, 9.17) is 5.73 Å². The highest BCUT2D eigenvalue weighted by Gasteiger charge is 2.06. The van der Waals surface area contributed by atoms with Crippen molar-refractivity contribution in [2.24, 2.45) is 0 Å². The molecule has 0 radical (unpaired) electrons. The topological polar surface area (TPSA) is 64.7 Å². The lowest BCUT2D eigenvalue weighted by Crippen LogP contribution is -1.83. The fourth-order valence-electron chi connectivity index (χ4n) is 0.805. The molecule has 0 spiro atoms. The van der Waals surface area contributed by atoms with Gasteiger partial charge in [-0.1, -0.05) is 0 Å². The summed E-state index contributed by atoms with van der Waals surface area (Å²) in [6, 6.07) is 0. The number of nitrogens with zero attached hydrogens (tertiary/aromatic N) is 3. The van der Waals surface area contributed by atoms with E-state index in [2.05, 4.69) is 14.3 Å². The summed E-state index contributed by atoms with van der Waals surface area (Å²) in [5.74, 6) is 0.627. The largest absolute Gasteiger partial charge is 0.374 e. The van der Waals surface area contributed by atoms with E-state index < -0.39 is 0 Å². The number of nitrogens with two attached hydrogens (primary N) is 1. The first-order valence-corrected chi connectivity index (χ1v) is 4.92. The van der Waals surface area contributed by atoms with E-state index >= 15 is 0 Å². The second-order valence-corrected chi connectivity index (χ2v) is 4.05. The van der Waals surface area contributed by atoms with E-state index in [9.17, 15) is 0 Å². The molecule has 0 aromatic carbocycles. The quantitative estimate of drug-likeness (QED) is 0.755. The number of thiazole rings is 1. The van der Waals surface area contributed by atoms with Crippen molar-refractivity contribution in [2.75, 3.05) is 5.73 Å². The van der Waals surface area contributed by atoms with Gasteiger partial charge in [0.15, 0.2) is 11.0 Å². The zero-order chi connectivity index (χ0) is 8.55. The highest BCUT2D eigenvalue weighted by Crippen LogP contribution is 2.20. The van der Waals surface area contributed by atoms with E-state index in [0.29, 0.717) is 11.0 Å². The minimum Gasteiger partial charge on any atom is -0.374 e. The van der Waals surface area contributed by atoms with Crippen molar-refractivity contribution >= 4 is 28.0 Å². The molecular weight excluding hydrogens is 192 g/mol. The van der Waals surface area contributed by atoms with Gasteiger partial charge in [-0.2, -0.15) is 9.36 Å². The smallest absolute Gasteiger partial charge is 0.200 e. The average molecular weight is 198 g/mol. The monoisotopic (exact) mass is 198 g/mol. The molecule has 0 amide bonds. The molecule has 0 unspecified atom stereocenters. The summed E-state index contributed by atoms with van der Waals surface area (Å²) in [5, 5.41) is 3.42. The lowest BCUT2D eigenvalue weighted by Gasteiger charge is -1.82. The number of aromatic nitrogens is 3. The van der Waals surface area contributed by atoms with Gasteiger partial charge < -0.3 is 5.73 Å². The Balaban J connectivity index is 2.43. The van der Waals surface area contributed by atoms with Gasteiger partial charge in [0.1, 0.15) is 5.69 Å². The van der Waals surface area contributed by atoms with Crippen LogP contribution in [0.4, 0.5) is 5.13 Å². The minimum atomic E-state index is 0.482. The van der Waals surface area contributed by atoms with Crippen LogP contribution in [0, 0.1) is 6.92 Å². The van der Waals surface area contributed by atoms with E-state index in [1.54, 1.807) is 11.3 Å². The van der Waals surface area contributed by atoms with Gasteiger partial charge in [0.25, 0.3) is 0 Å². The maximum atomic E-state index is 5.44. The van der Waals surface area contributed by atoms with Crippen LogP contribution in [-0.4, -0.2) is 14.3 Å². The number of nitrogen functional groups attached to an aromatic ring is 1. The third-order valence-corrected chi connectivity index (χ3v) is 2.61. The van der Waals surface area contributed by atoms with Gasteiger partial charge in [0.05, 0.1) is 5.01 Å². The van der Waals surface area contributed by atoms with Crippen molar-refractivity contribution in [1.29, 1.82) is 0 Å². The van der Waals surface area contributed by atoms with Crippen LogP contribution in [0.5, 0.6) is 0 Å². The van der Waals surface area contributed by atoms with Gasteiger partial charge in [0, 0.05) is 16.9 Å². The second-order valence-electron chi connectivity index (χ2n) is 2.21. The Hall–Kier alpha value is -1.01. The van der Waals surface area contributed by atoms with Crippen LogP contribution < -0.4 is 5.73 Å². The molecule has 12 heavy (non-hydrogen) atoms. The van der Waals surface area contributed by atoms with Gasteiger partial charge in [0.2, 0.25) is 0 Å². The first kappa shape index (κ1) is 7.63. The molecule has 0 aliphatic carbocycles. The predicted octanol–water partition coefficient (Wildman–Crippen LogP) is 1.55. The zero-order valence-electron chi connectivity index (χ0n) is 6.31. The van der Waals surface area contributed by atoms with E-state index in [0.717, 1.165) is 10.7 Å². The third kappa shape index (κ3) is 1.30. The molecule has 0 saturated carbocycles. The van der Waals surface area contributed by atoms with Crippen molar-refractivity contribution < 1.29 is 0 Å². The summed E-state index contributed by atoms with van der Waals surface area (Å²) in [4.78, 5) is 8.26. The molecule has 2 rings (SSSR count). The Bertz CT molecular complexity index is 353. The van der Waals surface area contributed by atoms with Crippen LogP contribution in [0.15, 0.2) is 5.38 Å². The highest BCUT2D eigenvalue weighted by atomic mass is 32.1. The first-order valence-electron chi connectivity index (χ1n) is 3.27. The third-order valence-electron chi connectivity index (χ3n) is 1.29. The normalized spacial score (nSPS) is 10.4. The molecule has 0 saturated heterocycles. The molecule has 6 heteroatoms. The number of hydrogen-bond donors (Lipinski definition) is 1. The Labute approximate surface area is 77.3 Å². The standard InChI is InChI=1S/C6H6N4S2/c1-3-8-4(2-11-3)5-9-6(7)12-10-5/h2H,1H3,(H2,7,9,10). The Kier molecular flexibility index (Phi) is 1.78. The van der Waals surface area contributed by atoms with Crippen molar-refractivity contribution in [2.45, 2.75) is 6.92 Å². The molecule has 2 heterocycles. The van der Waals surface area contributed by atoms with E-state index in [-0.39, 0.29) is 0 Å². The summed E-state index contributed by atoms with van der Waals surface area (Å²) in [5.41, 5.74) is 6.25. The fourth-order valence-corrected chi connectivity index (χ4v) is 1.84.